The van der Waals surface area contributed by atoms with E-state index in [2.05, 4.69) is 39.4 Å². The summed E-state index contributed by atoms with van der Waals surface area (Å²) >= 11 is 0. The van der Waals surface area contributed by atoms with Crippen molar-refractivity contribution in [1.29, 1.82) is 5.41 Å². The molecule has 1 unspecified atom stereocenters. The summed E-state index contributed by atoms with van der Waals surface area (Å²) in [6.45, 7) is 1.81. The van der Waals surface area contributed by atoms with E-state index in [1.165, 1.54) is 5.56 Å². The van der Waals surface area contributed by atoms with Gasteiger partial charge in [0.15, 0.2) is 5.82 Å². The van der Waals surface area contributed by atoms with Crippen molar-refractivity contribution in [1.82, 2.24) is 10.2 Å². The lowest BCUT2D eigenvalue weighted by Crippen LogP contribution is -2.25. The minimum absolute atomic E-state index is 0.0399. The Bertz CT molecular complexity index is 611. The predicted octanol–water partition coefficient (Wildman–Crippen LogP) is 1.75. The van der Waals surface area contributed by atoms with Crippen LogP contribution in [0.1, 0.15) is 23.5 Å². The second kappa shape index (κ2) is 5.28. The molecule has 1 fully saturated rings. The van der Waals surface area contributed by atoms with Crippen LogP contribution >= 0.6 is 0 Å². The number of rotatable bonds is 3. The first-order valence-corrected chi connectivity index (χ1v) is 6.71. The van der Waals surface area contributed by atoms with Gasteiger partial charge in [0, 0.05) is 19.0 Å². The molecule has 3 rings (SSSR count). The number of nitrogens with two attached hydrogens (primary N) is 1. The summed E-state index contributed by atoms with van der Waals surface area (Å²) in [5, 5.41) is 15.7. The quantitative estimate of drug-likeness (QED) is 0.656. The molecule has 2 heterocycles. The van der Waals surface area contributed by atoms with Gasteiger partial charge in [0.25, 0.3) is 0 Å². The van der Waals surface area contributed by atoms with Gasteiger partial charge in [-0.3, -0.25) is 5.41 Å². The number of nitrogen functional groups attached to an aromatic ring is 1. The maximum atomic E-state index is 7.64. The van der Waals surface area contributed by atoms with Crippen LogP contribution in [0.4, 0.5) is 5.82 Å². The van der Waals surface area contributed by atoms with E-state index in [0.717, 1.165) is 25.3 Å². The van der Waals surface area contributed by atoms with Crippen LogP contribution in [0, 0.1) is 5.41 Å². The van der Waals surface area contributed by atoms with E-state index in [1.807, 2.05) is 6.07 Å². The second-order valence-electron chi connectivity index (χ2n) is 5.02. The molecule has 1 aliphatic heterocycles. The van der Waals surface area contributed by atoms with Crippen molar-refractivity contribution in [2.45, 2.75) is 12.3 Å². The van der Waals surface area contributed by atoms with Crippen molar-refractivity contribution >= 4 is 11.7 Å². The smallest absolute Gasteiger partial charge is 0.162 e. The fourth-order valence-electron chi connectivity index (χ4n) is 2.72. The number of amidine groups is 1. The zero-order valence-corrected chi connectivity index (χ0v) is 11.2. The van der Waals surface area contributed by atoms with Crippen molar-refractivity contribution in [3.05, 3.63) is 53.7 Å². The lowest BCUT2D eigenvalue weighted by molar-refractivity contribution is 0.773. The molecule has 102 valence electrons. The molecule has 0 bridgehead atoms. The summed E-state index contributed by atoms with van der Waals surface area (Å²) in [6.07, 6.45) is 2.66. The van der Waals surface area contributed by atoms with Crippen LogP contribution in [0.2, 0.25) is 0 Å². The first-order valence-electron chi connectivity index (χ1n) is 6.71. The molecule has 0 radical (unpaired) electrons. The summed E-state index contributed by atoms with van der Waals surface area (Å²) < 4.78 is 0. The first-order chi connectivity index (χ1) is 9.75. The summed E-state index contributed by atoms with van der Waals surface area (Å²) in [5.41, 5.74) is 7.63. The normalized spacial score (nSPS) is 18.2. The monoisotopic (exact) mass is 267 g/mol. The number of aromatic nitrogens is 2. The van der Waals surface area contributed by atoms with Crippen LogP contribution in [0.15, 0.2) is 42.6 Å². The van der Waals surface area contributed by atoms with Crippen molar-refractivity contribution < 1.29 is 0 Å². The zero-order chi connectivity index (χ0) is 13.9. The Morgan fingerprint density at radius 2 is 2.05 bits per heavy atom. The minimum Gasteiger partial charge on any atom is -0.384 e. The molecule has 1 saturated heterocycles. The molecule has 0 aliphatic carbocycles. The van der Waals surface area contributed by atoms with Crippen molar-refractivity contribution in [2.75, 3.05) is 18.0 Å². The van der Waals surface area contributed by atoms with Gasteiger partial charge < -0.3 is 10.6 Å². The fraction of sp³-hybridized carbons (Fsp3) is 0.267. The van der Waals surface area contributed by atoms with Crippen LogP contribution in [0.3, 0.4) is 0 Å². The molecule has 20 heavy (non-hydrogen) atoms. The minimum atomic E-state index is 0.0399. The maximum absolute atomic E-state index is 7.64. The van der Waals surface area contributed by atoms with Gasteiger partial charge in [-0.2, -0.15) is 5.10 Å². The van der Waals surface area contributed by atoms with Gasteiger partial charge in [0.05, 0.1) is 11.8 Å². The van der Waals surface area contributed by atoms with Crippen LogP contribution in [-0.2, 0) is 0 Å². The lowest BCUT2D eigenvalue weighted by atomic mass is 9.99. The molecule has 5 heteroatoms. The molecular weight excluding hydrogens is 250 g/mol. The number of nitrogens with one attached hydrogen (secondary N) is 1. The van der Waals surface area contributed by atoms with E-state index in [4.69, 9.17) is 11.1 Å². The Kier molecular flexibility index (Phi) is 3.33. The van der Waals surface area contributed by atoms with Gasteiger partial charge in [-0.05, 0) is 18.1 Å². The van der Waals surface area contributed by atoms with Gasteiger partial charge >= 0.3 is 0 Å². The van der Waals surface area contributed by atoms with Crippen LogP contribution in [0.25, 0.3) is 0 Å². The Balaban J connectivity index is 1.83. The highest BCUT2D eigenvalue weighted by Gasteiger charge is 2.26. The Morgan fingerprint density at radius 3 is 2.80 bits per heavy atom. The molecule has 1 aromatic carbocycles. The number of nitrogens with zero attached hydrogens (tertiary/aromatic N) is 3. The Labute approximate surface area is 118 Å². The average molecular weight is 267 g/mol. The highest BCUT2D eigenvalue weighted by molar-refractivity contribution is 5.99. The highest BCUT2D eigenvalue weighted by atomic mass is 15.3. The number of hydrogen-bond acceptors (Lipinski definition) is 4. The summed E-state index contributed by atoms with van der Waals surface area (Å²) in [7, 11) is 0. The average Bonchev–Trinajstić information content (AvgIpc) is 2.98. The molecule has 0 spiro atoms. The molecule has 0 saturated carbocycles. The lowest BCUT2D eigenvalue weighted by Gasteiger charge is -2.19. The molecule has 5 nitrogen and oxygen atoms in total. The molecule has 2 aromatic rings. The number of anilines is 1. The zero-order valence-electron chi connectivity index (χ0n) is 11.2. The fourth-order valence-corrected chi connectivity index (χ4v) is 2.72. The predicted molar refractivity (Wildman–Crippen MR) is 79.1 cm³/mol. The topological polar surface area (TPSA) is 78.9 Å². The standard InChI is InChI=1S/C15H17N5/c16-14(17)13-6-8-18-19-15(13)20-9-7-12(10-20)11-4-2-1-3-5-11/h1-6,8,12H,7,9-10H2,(H3,16,17). The largest absolute Gasteiger partial charge is 0.384 e. The van der Waals surface area contributed by atoms with Gasteiger partial charge in [0.1, 0.15) is 5.84 Å². The van der Waals surface area contributed by atoms with E-state index in [1.54, 1.807) is 12.3 Å². The van der Waals surface area contributed by atoms with Crippen molar-refractivity contribution in [3.63, 3.8) is 0 Å². The number of benzene rings is 1. The van der Waals surface area contributed by atoms with E-state index >= 15 is 0 Å². The van der Waals surface area contributed by atoms with Crippen molar-refractivity contribution in [2.24, 2.45) is 5.73 Å². The molecular formula is C15H17N5. The third kappa shape index (κ3) is 2.34. The highest BCUT2D eigenvalue weighted by Crippen LogP contribution is 2.30. The maximum Gasteiger partial charge on any atom is 0.162 e. The summed E-state index contributed by atoms with van der Waals surface area (Å²) in [5.74, 6) is 1.26. The van der Waals surface area contributed by atoms with Gasteiger partial charge in [-0.25, -0.2) is 0 Å². The molecule has 1 aliphatic rings. The van der Waals surface area contributed by atoms with E-state index in [9.17, 15) is 0 Å². The molecule has 3 N–H and O–H groups in total. The second-order valence-corrected chi connectivity index (χ2v) is 5.02. The van der Waals surface area contributed by atoms with Crippen molar-refractivity contribution in [3.8, 4) is 0 Å². The van der Waals surface area contributed by atoms with Crippen LogP contribution in [0.5, 0.6) is 0 Å². The molecule has 0 amide bonds. The molecule has 1 atom stereocenters. The van der Waals surface area contributed by atoms with Crippen LogP contribution < -0.4 is 10.6 Å². The first kappa shape index (κ1) is 12.6. The Hall–Kier alpha value is -2.43. The third-order valence-electron chi connectivity index (χ3n) is 3.75. The third-order valence-corrected chi connectivity index (χ3v) is 3.75. The van der Waals surface area contributed by atoms with E-state index < -0.39 is 0 Å². The van der Waals surface area contributed by atoms with Gasteiger partial charge in [-0.15, -0.1) is 5.10 Å². The van der Waals surface area contributed by atoms with E-state index in [0.29, 0.717) is 11.5 Å². The van der Waals surface area contributed by atoms with Gasteiger partial charge in [-0.1, -0.05) is 30.3 Å². The van der Waals surface area contributed by atoms with Gasteiger partial charge in [0.2, 0.25) is 0 Å². The van der Waals surface area contributed by atoms with E-state index in [-0.39, 0.29) is 5.84 Å². The SMILES string of the molecule is N=C(N)c1ccnnc1N1CCC(c2ccccc2)C1. The number of hydrogen-bond donors (Lipinski definition) is 2. The Morgan fingerprint density at radius 1 is 1.25 bits per heavy atom. The summed E-state index contributed by atoms with van der Waals surface area (Å²) in [4.78, 5) is 2.17. The van der Waals surface area contributed by atoms with Crippen LogP contribution in [-0.4, -0.2) is 29.1 Å². The summed E-state index contributed by atoms with van der Waals surface area (Å²) in [6, 6.07) is 12.3. The molecule has 1 aromatic heterocycles.